The highest BCUT2D eigenvalue weighted by Crippen LogP contribution is 2.35. The average molecular weight is 330 g/mol. The van der Waals surface area contributed by atoms with E-state index in [9.17, 15) is 0 Å². The van der Waals surface area contributed by atoms with Crippen molar-refractivity contribution >= 4 is 34.0 Å². The van der Waals surface area contributed by atoms with Crippen molar-refractivity contribution in [2.75, 3.05) is 11.1 Å². The number of anilines is 2. The molecule has 0 aliphatic heterocycles. The van der Waals surface area contributed by atoms with Crippen LogP contribution in [0.25, 0.3) is 0 Å². The van der Waals surface area contributed by atoms with Crippen molar-refractivity contribution in [3.8, 4) is 0 Å². The highest BCUT2D eigenvalue weighted by Gasteiger charge is 2.24. The maximum absolute atomic E-state index is 5.75. The lowest BCUT2D eigenvalue weighted by Crippen LogP contribution is -2.19. The Balaban J connectivity index is 1.99. The van der Waals surface area contributed by atoms with Gasteiger partial charge in [-0.2, -0.15) is 0 Å². The number of halogens is 1. The summed E-state index contributed by atoms with van der Waals surface area (Å²) in [7, 11) is 0. The summed E-state index contributed by atoms with van der Waals surface area (Å²) < 4.78 is 1.21. The molecular weight excluding hydrogens is 311 g/mol. The molecule has 2 rings (SSSR count). The molecule has 1 aromatic rings. The van der Waals surface area contributed by atoms with Crippen molar-refractivity contribution in [3.05, 3.63) is 21.8 Å². The van der Waals surface area contributed by atoms with Gasteiger partial charge in [-0.05, 0) is 59.5 Å². The van der Waals surface area contributed by atoms with Crippen LogP contribution in [0.1, 0.15) is 32.6 Å². The molecule has 1 aromatic carbocycles. The molecule has 0 radical (unpaired) electrons. The van der Waals surface area contributed by atoms with Crippen molar-refractivity contribution in [2.24, 2.45) is 5.92 Å². The molecule has 16 heavy (non-hydrogen) atoms. The van der Waals surface area contributed by atoms with Gasteiger partial charge in [0.15, 0.2) is 0 Å². The summed E-state index contributed by atoms with van der Waals surface area (Å²) in [4.78, 5) is 0. The molecule has 0 spiro atoms. The lowest BCUT2D eigenvalue weighted by atomic mass is 10.1. The molecule has 3 heteroatoms. The molecule has 3 N–H and O–H groups in total. The van der Waals surface area contributed by atoms with Gasteiger partial charge in [-0.3, -0.25) is 0 Å². The number of nitrogen functional groups attached to an aromatic ring is 1. The van der Waals surface area contributed by atoms with Gasteiger partial charge in [-0.15, -0.1) is 0 Å². The topological polar surface area (TPSA) is 38.0 Å². The van der Waals surface area contributed by atoms with Crippen LogP contribution in [-0.4, -0.2) is 6.04 Å². The summed E-state index contributed by atoms with van der Waals surface area (Å²) in [6, 6.07) is 6.69. The summed E-state index contributed by atoms with van der Waals surface area (Å²) in [5.74, 6) is 0.976. The van der Waals surface area contributed by atoms with Gasteiger partial charge in [0.1, 0.15) is 0 Å². The van der Waals surface area contributed by atoms with E-state index in [0.717, 1.165) is 11.6 Å². The van der Waals surface area contributed by atoms with Gasteiger partial charge in [0.25, 0.3) is 0 Å². The minimum atomic E-state index is 0.615. The maximum atomic E-state index is 5.75. The van der Waals surface area contributed by atoms with Crippen LogP contribution < -0.4 is 11.1 Å². The van der Waals surface area contributed by atoms with Crippen molar-refractivity contribution in [2.45, 2.75) is 38.6 Å². The SMILES string of the molecule is CCC(CC1CC1)Nc1ccc(N)cc1I. The van der Waals surface area contributed by atoms with Gasteiger partial charge in [0.05, 0.1) is 0 Å². The Morgan fingerprint density at radius 3 is 2.81 bits per heavy atom. The van der Waals surface area contributed by atoms with Gasteiger partial charge in [0.2, 0.25) is 0 Å². The molecule has 1 fully saturated rings. The highest BCUT2D eigenvalue weighted by atomic mass is 127. The molecular formula is C13H19IN2. The van der Waals surface area contributed by atoms with E-state index < -0.39 is 0 Å². The van der Waals surface area contributed by atoms with Gasteiger partial charge in [-0.1, -0.05) is 19.8 Å². The standard InChI is InChI=1S/C13H19IN2/c1-2-11(7-9-3-4-9)16-13-6-5-10(15)8-12(13)14/h5-6,8-9,11,16H,2-4,7,15H2,1H3. The fourth-order valence-corrected chi connectivity index (χ4v) is 2.65. The summed E-state index contributed by atoms with van der Waals surface area (Å²) in [6.07, 6.45) is 5.36. The van der Waals surface area contributed by atoms with Crippen molar-refractivity contribution in [1.29, 1.82) is 0 Å². The average Bonchev–Trinajstić information content (AvgIpc) is 3.04. The van der Waals surface area contributed by atoms with Crippen molar-refractivity contribution in [1.82, 2.24) is 0 Å². The largest absolute Gasteiger partial charge is 0.399 e. The Morgan fingerprint density at radius 2 is 2.25 bits per heavy atom. The zero-order valence-electron chi connectivity index (χ0n) is 9.67. The van der Waals surface area contributed by atoms with Crippen LogP contribution in [0.4, 0.5) is 11.4 Å². The zero-order valence-corrected chi connectivity index (χ0v) is 11.8. The minimum absolute atomic E-state index is 0.615. The number of nitrogens with two attached hydrogens (primary N) is 1. The predicted molar refractivity (Wildman–Crippen MR) is 78.6 cm³/mol. The van der Waals surface area contributed by atoms with Crippen LogP contribution in [0.15, 0.2) is 18.2 Å². The molecule has 2 nitrogen and oxygen atoms in total. The maximum Gasteiger partial charge on any atom is 0.0479 e. The molecule has 1 aliphatic rings. The summed E-state index contributed by atoms with van der Waals surface area (Å²) in [6.45, 7) is 2.25. The van der Waals surface area contributed by atoms with Crippen molar-refractivity contribution < 1.29 is 0 Å². The first-order valence-corrected chi connectivity index (χ1v) is 7.08. The van der Waals surface area contributed by atoms with Crippen LogP contribution in [0, 0.1) is 9.49 Å². The van der Waals surface area contributed by atoms with E-state index in [1.807, 2.05) is 12.1 Å². The van der Waals surface area contributed by atoms with E-state index in [1.165, 1.54) is 34.9 Å². The molecule has 0 bridgehead atoms. The molecule has 1 saturated carbocycles. The van der Waals surface area contributed by atoms with Crippen molar-refractivity contribution in [3.63, 3.8) is 0 Å². The summed E-state index contributed by atoms with van der Waals surface area (Å²) in [5, 5.41) is 3.63. The van der Waals surface area contributed by atoms with E-state index in [4.69, 9.17) is 5.73 Å². The van der Waals surface area contributed by atoms with Crippen LogP contribution in [0.5, 0.6) is 0 Å². The molecule has 1 unspecified atom stereocenters. The van der Waals surface area contributed by atoms with Gasteiger partial charge in [0, 0.05) is 21.0 Å². The number of hydrogen-bond donors (Lipinski definition) is 2. The molecule has 1 aliphatic carbocycles. The van der Waals surface area contributed by atoms with E-state index in [-0.39, 0.29) is 0 Å². The molecule has 88 valence electrons. The molecule has 0 heterocycles. The number of rotatable bonds is 5. The molecule has 1 atom stereocenters. The fourth-order valence-electron chi connectivity index (χ4n) is 1.95. The second-order valence-corrected chi connectivity index (χ2v) is 5.83. The minimum Gasteiger partial charge on any atom is -0.399 e. The summed E-state index contributed by atoms with van der Waals surface area (Å²) >= 11 is 2.34. The van der Waals surface area contributed by atoms with E-state index in [0.29, 0.717) is 6.04 Å². The van der Waals surface area contributed by atoms with E-state index in [2.05, 4.69) is 40.9 Å². The Morgan fingerprint density at radius 1 is 1.50 bits per heavy atom. The van der Waals surface area contributed by atoms with Gasteiger partial charge in [-0.25, -0.2) is 0 Å². The molecule has 0 aromatic heterocycles. The first-order chi connectivity index (χ1) is 7.69. The second kappa shape index (κ2) is 5.25. The van der Waals surface area contributed by atoms with E-state index >= 15 is 0 Å². The molecule has 0 saturated heterocycles. The second-order valence-electron chi connectivity index (χ2n) is 4.67. The number of hydrogen-bond acceptors (Lipinski definition) is 2. The fraction of sp³-hybridized carbons (Fsp3) is 0.538. The predicted octanol–water partition coefficient (Wildman–Crippen LogP) is 3.86. The Labute approximate surface area is 111 Å². The first-order valence-electron chi connectivity index (χ1n) is 6.00. The first kappa shape index (κ1) is 12.0. The monoisotopic (exact) mass is 330 g/mol. The third-order valence-electron chi connectivity index (χ3n) is 3.16. The van der Waals surface area contributed by atoms with Crippen LogP contribution >= 0.6 is 22.6 Å². The van der Waals surface area contributed by atoms with Crippen LogP contribution in [-0.2, 0) is 0 Å². The van der Waals surface area contributed by atoms with Crippen LogP contribution in [0.3, 0.4) is 0 Å². The third-order valence-corrected chi connectivity index (χ3v) is 4.05. The lowest BCUT2D eigenvalue weighted by Gasteiger charge is -2.19. The zero-order chi connectivity index (χ0) is 11.5. The Bertz CT molecular complexity index is 361. The normalized spacial score (nSPS) is 17.1. The quantitative estimate of drug-likeness (QED) is 0.635. The smallest absolute Gasteiger partial charge is 0.0479 e. The lowest BCUT2D eigenvalue weighted by molar-refractivity contribution is 0.587. The summed E-state index contributed by atoms with van der Waals surface area (Å²) in [5.41, 5.74) is 7.81. The third kappa shape index (κ3) is 3.27. The Kier molecular flexibility index (Phi) is 3.95. The van der Waals surface area contributed by atoms with Crippen LogP contribution in [0.2, 0.25) is 0 Å². The van der Waals surface area contributed by atoms with E-state index in [1.54, 1.807) is 0 Å². The van der Waals surface area contributed by atoms with Gasteiger partial charge < -0.3 is 11.1 Å². The number of benzene rings is 1. The molecule has 0 amide bonds. The Hall–Kier alpha value is -0.450. The number of nitrogens with one attached hydrogen (secondary N) is 1. The van der Waals surface area contributed by atoms with Gasteiger partial charge >= 0.3 is 0 Å². The highest BCUT2D eigenvalue weighted by molar-refractivity contribution is 14.1.